The molecule has 0 spiro atoms. The van der Waals surface area contributed by atoms with E-state index in [4.69, 9.17) is 16.6 Å². The quantitative estimate of drug-likeness (QED) is 0.488. The van der Waals surface area contributed by atoms with E-state index in [-0.39, 0.29) is 11.4 Å². The first-order valence-electron chi connectivity index (χ1n) is 9.35. The molecule has 2 aliphatic rings. The fraction of sp³-hybridized carbons (Fsp3) is 0.286. The zero-order chi connectivity index (χ0) is 19.3. The third kappa shape index (κ3) is 3.36. The minimum absolute atomic E-state index is 0.237. The van der Waals surface area contributed by atoms with E-state index in [9.17, 15) is 0 Å². The highest BCUT2D eigenvalue weighted by molar-refractivity contribution is 9.10. The lowest BCUT2D eigenvalue weighted by molar-refractivity contribution is -0.00548. The van der Waals surface area contributed by atoms with Crippen LogP contribution in [0.2, 0.25) is 5.02 Å². The highest BCUT2D eigenvalue weighted by atomic mass is 79.9. The number of rotatable bonds is 3. The summed E-state index contributed by atoms with van der Waals surface area (Å²) in [6.07, 6.45) is 5.83. The number of aromatic nitrogens is 2. The van der Waals surface area contributed by atoms with Crippen LogP contribution in [0.4, 0.5) is 0 Å². The largest absolute Gasteiger partial charge is 0.341 e. The Morgan fingerprint density at radius 3 is 3.04 bits per heavy atom. The van der Waals surface area contributed by atoms with Crippen LogP contribution in [0.15, 0.2) is 46.9 Å². The SMILES string of the molecule is CC1SC(c2cccc(Cl)c2)=[C]N1N1CCCC1c1nc2cc(Br)ccc2[nH]1. The molecule has 2 aromatic carbocycles. The van der Waals surface area contributed by atoms with Crippen LogP contribution in [0.1, 0.15) is 37.2 Å². The van der Waals surface area contributed by atoms with E-state index in [1.807, 2.05) is 36.0 Å². The highest BCUT2D eigenvalue weighted by Crippen LogP contribution is 2.43. The molecular weight excluding hydrogens is 456 g/mol. The Hall–Kier alpha value is -1.47. The number of benzene rings is 2. The van der Waals surface area contributed by atoms with Crippen molar-refractivity contribution in [3.05, 3.63) is 69.5 Å². The van der Waals surface area contributed by atoms with Crippen molar-refractivity contribution < 1.29 is 0 Å². The number of thioether (sulfide) groups is 1. The molecule has 143 valence electrons. The highest BCUT2D eigenvalue weighted by Gasteiger charge is 2.37. The smallest absolute Gasteiger partial charge is 0.126 e. The molecule has 28 heavy (non-hydrogen) atoms. The standard InChI is InChI=1S/C21H19BrClN4S/c1-13-27(12-20(28-13)14-4-2-5-16(23)10-14)26-9-3-6-19(26)21-24-17-8-7-15(22)11-18(17)25-21/h2,4-5,7-8,10-11,13,19H,3,6,9H2,1H3,(H,24,25). The minimum Gasteiger partial charge on any atom is -0.341 e. The molecule has 0 amide bonds. The van der Waals surface area contributed by atoms with E-state index in [2.05, 4.69) is 62.3 Å². The van der Waals surface area contributed by atoms with Crippen molar-refractivity contribution in [3.8, 4) is 0 Å². The van der Waals surface area contributed by atoms with Gasteiger partial charge in [0.05, 0.1) is 28.6 Å². The lowest BCUT2D eigenvalue weighted by Crippen LogP contribution is -2.41. The molecule has 3 aromatic rings. The zero-order valence-corrected chi connectivity index (χ0v) is 18.5. The summed E-state index contributed by atoms with van der Waals surface area (Å²) in [5.41, 5.74) is 3.20. The monoisotopic (exact) mass is 473 g/mol. The van der Waals surface area contributed by atoms with Crippen LogP contribution in [-0.4, -0.2) is 31.9 Å². The molecule has 1 radical (unpaired) electrons. The van der Waals surface area contributed by atoms with Crippen molar-refractivity contribution in [2.45, 2.75) is 31.2 Å². The topological polar surface area (TPSA) is 35.2 Å². The van der Waals surface area contributed by atoms with Gasteiger partial charge >= 0.3 is 0 Å². The summed E-state index contributed by atoms with van der Waals surface area (Å²) in [6, 6.07) is 14.4. The van der Waals surface area contributed by atoms with Gasteiger partial charge in [0.15, 0.2) is 0 Å². The van der Waals surface area contributed by atoms with E-state index in [0.717, 1.165) is 56.2 Å². The van der Waals surface area contributed by atoms with Crippen LogP contribution in [0.5, 0.6) is 0 Å². The molecule has 0 saturated carbocycles. The van der Waals surface area contributed by atoms with Crippen LogP contribution >= 0.6 is 39.3 Å². The van der Waals surface area contributed by atoms with E-state index < -0.39 is 0 Å². The summed E-state index contributed by atoms with van der Waals surface area (Å²) < 4.78 is 1.05. The third-order valence-electron chi connectivity index (χ3n) is 5.22. The number of halogens is 2. The first-order valence-corrected chi connectivity index (χ1v) is 11.4. The first-order chi connectivity index (χ1) is 13.6. The van der Waals surface area contributed by atoms with Crippen molar-refractivity contribution >= 4 is 55.2 Å². The van der Waals surface area contributed by atoms with Gasteiger partial charge in [-0.25, -0.2) is 9.99 Å². The van der Waals surface area contributed by atoms with Crippen molar-refractivity contribution in [1.29, 1.82) is 0 Å². The van der Waals surface area contributed by atoms with Gasteiger partial charge in [-0.2, -0.15) is 0 Å². The van der Waals surface area contributed by atoms with Gasteiger partial charge < -0.3 is 4.98 Å². The molecule has 2 aliphatic heterocycles. The third-order valence-corrected chi connectivity index (χ3v) is 7.05. The van der Waals surface area contributed by atoms with Crippen molar-refractivity contribution in [2.24, 2.45) is 0 Å². The van der Waals surface area contributed by atoms with Gasteiger partial charge in [-0.05, 0) is 55.7 Å². The van der Waals surface area contributed by atoms with Crippen LogP contribution in [0.3, 0.4) is 0 Å². The molecular formula is C21H19BrClN4S. The number of hydrogen-bond donors (Lipinski definition) is 1. The Morgan fingerprint density at radius 1 is 1.29 bits per heavy atom. The number of hydrazine groups is 1. The summed E-state index contributed by atoms with van der Waals surface area (Å²) in [7, 11) is 0. The fourth-order valence-electron chi connectivity index (χ4n) is 3.92. The Kier molecular flexibility index (Phi) is 4.91. The zero-order valence-electron chi connectivity index (χ0n) is 15.3. The molecule has 1 fully saturated rings. The van der Waals surface area contributed by atoms with Gasteiger partial charge in [0.2, 0.25) is 0 Å². The second-order valence-corrected chi connectivity index (χ2v) is 9.80. The van der Waals surface area contributed by atoms with Crippen LogP contribution in [0, 0.1) is 6.20 Å². The van der Waals surface area contributed by atoms with Crippen molar-refractivity contribution in [1.82, 2.24) is 20.0 Å². The fourth-order valence-corrected chi connectivity index (χ4v) is 5.48. The van der Waals surface area contributed by atoms with Gasteiger partial charge in [0, 0.05) is 20.9 Å². The second-order valence-electron chi connectivity index (χ2n) is 7.12. The van der Waals surface area contributed by atoms with Crippen molar-refractivity contribution in [3.63, 3.8) is 0 Å². The molecule has 2 unspecified atom stereocenters. The minimum atomic E-state index is 0.237. The molecule has 2 atom stereocenters. The Bertz CT molecular complexity index is 1070. The average Bonchev–Trinajstić information content (AvgIpc) is 3.38. The van der Waals surface area contributed by atoms with E-state index in [1.54, 1.807) is 0 Å². The predicted octanol–water partition coefficient (Wildman–Crippen LogP) is 6.23. The van der Waals surface area contributed by atoms with Gasteiger partial charge in [-0.3, -0.25) is 5.01 Å². The number of aromatic amines is 1. The molecule has 0 bridgehead atoms. The number of nitrogens with zero attached hydrogens (tertiary/aromatic N) is 3. The normalized spacial score (nSPS) is 23.0. The van der Waals surface area contributed by atoms with Crippen LogP contribution < -0.4 is 0 Å². The Morgan fingerprint density at radius 2 is 2.18 bits per heavy atom. The summed E-state index contributed by atoms with van der Waals surface area (Å²) in [5.74, 6) is 1.03. The lowest BCUT2D eigenvalue weighted by atomic mass is 10.2. The number of hydrogen-bond acceptors (Lipinski definition) is 4. The molecule has 1 aromatic heterocycles. The number of imidazole rings is 1. The maximum absolute atomic E-state index is 6.19. The summed E-state index contributed by atoms with van der Waals surface area (Å²) in [6.45, 7) is 3.23. The van der Waals surface area contributed by atoms with Gasteiger partial charge in [0.1, 0.15) is 5.82 Å². The molecule has 7 heteroatoms. The summed E-state index contributed by atoms with van der Waals surface area (Å²) in [5, 5.41) is 5.70. The molecule has 5 rings (SSSR count). The molecule has 3 heterocycles. The van der Waals surface area contributed by atoms with Gasteiger partial charge in [-0.15, -0.1) is 0 Å². The first kappa shape index (κ1) is 18.6. The van der Waals surface area contributed by atoms with E-state index in [1.165, 1.54) is 0 Å². The number of nitrogens with one attached hydrogen (secondary N) is 1. The van der Waals surface area contributed by atoms with E-state index in [0.29, 0.717) is 0 Å². The Labute approximate surface area is 182 Å². The predicted molar refractivity (Wildman–Crippen MR) is 119 cm³/mol. The Balaban J connectivity index is 1.45. The van der Waals surface area contributed by atoms with E-state index >= 15 is 0 Å². The van der Waals surface area contributed by atoms with Gasteiger partial charge in [0.25, 0.3) is 0 Å². The molecule has 4 nitrogen and oxygen atoms in total. The van der Waals surface area contributed by atoms with Crippen LogP contribution in [-0.2, 0) is 0 Å². The molecule has 1 N–H and O–H groups in total. The average molecular weight is 475 g/mol. The summed E-state index contributed by atoms with van der Waals surface area (Å²) in [4.78, 5) is 9.54. The maximum Gasteiger partial charge on any atom is 0.126 e. The molecule has 1 saturated heterocycles. The number of fused-ring (bicyclic) bond motifs is 1. The molecule has 0 aliphatic carbocycles. The lowest BCUT2D eigenvalue weighted by Gasteiger charge is -2.34. The van der Waals surface area contributed by atoms with Gasteiger partial charge in [-0.1, -0.05) is 51.4 Å². The second kappa shape index (κ2) is 7.41. The summed E-state index contributed by atoms with van der Waals surface area (Å²) >= 11 is 11.5. The maximum atomic E-state index is 6.19. The van der Waals surface area contributed by atoms with Crippen molar-refractivity contribution in [2.75, 3.05) is 6.54 Å². The van der Waals surface area contributed by atoms with Crippen LogP contribution in [0.25, 0.3) is 15.9 Å². The number of H-pyrrole nitrogens is 1.